The van der Waals surface area contributed by atoms with E-state index in [0.717, 1.165) is 5.56 Å². The van der Waals surface area contributed by atoms with Crippen LogP contribution in [0.5, 0.6) is 5.75 Å². The van der Waals surface area contributed by atoms with Gasteiger partial charge in [-0.05, 0) is 33.6 Å². The number of likely N-dealkylation sites (N-methyl/N-ethyl adjacent to an activating group) is 1. The number of phenols is 1. The van der Waals surface area contributed by atoms with E-state index in [9.17, 15) is 15.0 Å². The van der Waals surface area contributed by atoms with Crippen molar-refractivity contribution in [3.8, 4) is 5.75 Å². The summed E-state index contributed by atoms with van der Waals surface area (Å²) in [6.07, 6.45) is 0.428. The molecule has 0 bridgehead atoms. The molecule has 0 aliphatic carbocycles. The zero-order valence-electron chi connectivity index (χ0n) is 10.1. The van der Waals surface area contributed by atoms with Gasteiger partial charge in [0.1, 0.15) is 5.75 Å². The number of hydrogen-bond donors (Lipinski definition) is 2. The Kier molecular flexibility index (Phi) is 4.16. The van der Waals surface area contributed by atoms with Crippen molar-refractivity contribution in [2.75, 3.05) is 21.1 Å². The van der Waals surface area contributed by atoms with Crippen LogP contribution >= 0.6 is 15.9 Å². The molecule has 0 unspecified atom stereocenters. The number of hydrogen-bond acceptors (Lipinski definition) is 2. The Bertz CT molecular complexity index is 426. The summed E-state index contributed by atoms with van der Waals surface area (Å²) in [6.45, 7) is 0. The minimum Gasteiger partial charge on any atom is -0.507 e. The van der Waals surface area contributed by atoms with Crippen LogP contribution in [0.4, 0.5) is 0 Å². The van der Waals surface area contributed by atoms with Gasteiger partial charge in [0.05, 0.1) is 25.6 Å². The maximum Gasteiger partial charge on any atom is 0.362 e. The molecule has 1 atom stereocenters. The van der Waals surface area contributed by atoms with Gasteiger partial charge in [-0.3, -0.25) is 0 Å². The lowest BCUT2D eigenvalue weighted by molar-refractivity contribution is -0.887. The third kappa shape index (κ3) is 3.71. The summed E-state index contributed by atoms with van der Waals surface area (Å²) in [5.74, 6) is -0.660. The second kappa shape index (κ2) is 5.06. The fraction of sp³-hybridized carbons (Fsp3) is 0.417. The molecular weight excluding hydrogens is 286 g/mol. The quantitative estimate of drug-likeness (QED) is 0.835. The molecule has 2 N–H and O–H groups in total. The van der Waals surface area contributed by atoms with Gasteiger partial charge in [-0.15, -0.1) is 0 Å². The summed E-state index contributed by atoms with van der Waals surface area (Å²) in [5.41, 5.74) is 0.884. The standard InChI is InChI=1S/C12H16BrNO3/c1-14(2,3)10(12(16)17)7-8-4-5-11(15)9(13)6-8/h4-6,10H,7H2,1-3H3,(H-,15,16,17)/p+1/t10-/m0/s1. The minimum absolute atomic E-state index is 0.158. The van der Waals surface area contributed by atoms with Crippen molar-refractivity contribution in [2.45, 2.75) is 12.5 Å². The monoisotopic (exact) mass is 302 g/mol. The highest BCUT2D eigenvalue weighted by Crippen LogP contribution is 2.25. The Hall–Kier alpha value is -1.07. The minimum atomic E-state index is -0.818. The topological polar surface area (TPSA) is 57.5 Å². The van der Waals surface area contributed by atoms with Crippen molar-refractivity contribution < 1.29 is 19.5 Å². The molecule has 94 valence electrons. The van der Waals surface area contributed by atoms with E-state index in [-0.39, 0.29) is 5.75 Å². The van der Waals surface area contributed by atoms with Crippen molar-refractivity contribution in [2.24, 2.45) is 0 Å². The second-order valence-electron chi connectivity index (χ2n) is 4.96. The van der Waals surface area contributed by atoms with Gasteiger partial charge in [-0.25, -0.2) is 4.79 Å². The molecule has 1 aromatic rings. The Morgan fingerprint density at radius 3 is 2.41 bits per heavy atom. The summed E-state index contributed by atoms with van der Waals surface area (Å²) in [7, 11) is 5.57. The number of carbonyl (C=O) groups is 1. The van der Waals surface area contributed by atoms with Crippen LogP contribution < -0.4 is 0 Å². The van der Waals surface area contributed by atoms with E-state index in [2.05, 4.69) is 15.9 Å². The van der Waals surface area contributed by atoms with Crippen molar-refractivity contribution in [1.29, 1.82) is 0 Å². The first-order valence-corrected chi connectivity index (χ1v) is 6.02. The van der Waals surface area contributed by atoms with Crippen LogP contribution in [0.15, 0.2) is 22.7 Å². The van der Waals surface area contributed by atoms with Crippen LogP contribution in [0.3, 0.4) is 0 Å². The van der Waals surface area contributed by atoms with Crippen LogP contribution in [0.25, 0.3) is 0 Å². The molecule has 0 amide bonds. The molecule has 0 fully saturated rings. The van der Waals surface area contributed by atoms with Crippen LogP contribution in [0, 0.1) is 0 Å². The first kappa shape index (κ1) is 14.0. The zero-order valence-corrected chi connectivity index (χ0v) is 11.7. The summed E-state index contributed by atoms with van der Waals surface area (Å²) in [5, 5.41) is 18.6. The fourth-order valence-electron chi connectivity index (χ4n) is 1.59. The van der Waals surface area contributed by atoms with Gasteiger partial charge in [0.2, 0.25) is 0 Å². The third-order valence-electron chi connectivity index (χ3n) is 2.66. The smallest absolute Gasteiger partial charge is 0.362 e. The molecular formula is C12H17BrNO3+. The molecule has 0 heterocycles. The second-order valence-corrected chi connectivity index (χ2v) is 5.81. The number of aliphatic carboxylic acids is 1. The number of halogens is 1. The van der Waals surface area contributed by atoms with Gasteiger partial charge in [0.25, 0.3) is 0 Å². The van der Waals surface area contributed by atoms with Crippen molar-refractivity contribution in [3.63, 3.8) is 0 Å². The highest BCUT2D eigenvalue weighted by atomic mass is 79.9. The number of nitrogens with zero attached hydrogens (tertiary/aromatic N) is 1. The average Bonchev–Trinajstić information content (AvgIpc) is 2.17. The lowest BCUT2D eigenvalue weighted by Crippen LogP contribution is -2.51. The molecule has 0 saturated carbocycles. The van der Waals surface area contributed by atoms with Gasteiger partial charge in [0, 0.05) is 6.42 Å². The molecule has 17 heavy (non-hydrogen) atoms. The van der Waals surface area contributed by atoms with Crippen molar-refractivity contribution in [3.05, 3.63) is 28.2 Å². The number of quaternary nitrogens is 1. The maximum absolute atomic E-state index is 11.2. The van der Waals surface area contributed by atoms with E-state index >= 15 is 0 Å². The molecule has 0 saturated heterocycles. The number of aromatic hydroxyl groups is 1. The molecule has 1 aromatic carbocycles. The number of carboxylic acid groups (broad SMARTS) is 1. The molecule has 0 aliphatic rings. The summed E-state index contributed by atoms with van der Waals surface area (Å²) in [4.78, 5) is 11.2. The Balaban J connectivity index is 2.95. The Labute approximate surface area is 109 Å². The summed E-state index contributed by atoms with van der Waals surface area (Å²) >= 11 is 3.22. The van der Waals surface area contributed by atoms with Crippen LogP contribution in [0.1, 0.15) is 5.56 Å². The molecule has 5 heteroatoms. The SMILES string of the molecule is C[N+](C)(C)[C@@H](Cc1ccc(O)c(Br)c1)C(=O)O. The van der Waals surface area contributed by atoms with Gasteiger partial charge >= 0.3 is 5.97 Å². The predicted octanol–water partition coefficient (Wildman–Crippen LogP) is 1.86. The van der Waals surface area contributed by atoms with E-state index in [1.807, 2.05) is 21.1 Å². The zero-order chi connectivity index (χ0) is 13.2. The predicted molar refractivity (Wildman–Crippen MR) is 69.0 cm³/mol. The van der Waals surface area contributed by atoms with E-state index < -0.39 is 12.0 Å². The largest absolute Gasteiger partial charge is 0.507 e. The average molecular weight is 303 g/mol. The lowest BCUT2D eigenvalue weighted by atomic mass is 10.0. The molecule has 4 nitrogen and oxygen atoms in total. The first-order chi connectivity index (χ1) is 7.71. The van der Waals surface area contributed by atoms with Crippen molar-refractivity contribution >= 4 is 21.9 Å². The van der Waals surface area contributed by atoms with Crippen molar-refractivity contribution in [1.82, 2.24) is 0 Å². The lowest BCUT2D eigenvalue weighted by Gasteiger charge is -2.31. The Morgan fingerprint density at radius 1 is 1.41 bits per heavy atom. The van der Waals surface area contributed by atoms with E-state index in [1.165, 1.54) is 0 Å². The van der Waals surface area contributed by atoms with Gasteiger partial charge in [0.15, 0.2) is 6.04 Å². The Morgan fingerprint density at radius 2 is 2.00 bits per heavy atom. The van der Waals surface area contributed by atoms with E-state index in [1.54, 1.807) is 18.2 Å². The normalized spacial score (nSPS) is 13.4. The fourth-order valence-corrected chi connectivity index (χ4v) is 2.02. The summed E-state index contributed by atoms with van der Waals surface area (Å²) in [6, 6.07) is 4.55. The van der Waals surface area contributed by atoms with Crippen LogP contribution in [0.2, 0.25) is 0 Å². The number of rotatable bonds is 4. The molecule has 0 spiro atoms. The molecule has 0 aliphatic heterocycles. The maximum atomic E-state index is 11.2. The number of benzene rings is 1. The number of carboxylic acids is 1. The van der Waals surface area contributed by atoms with E-state index in [0.29, 0.717) is 15.4 Å². The number of phenolic OH excluding ortho intramolecular Hbond substituents is 1. The van der Waals surface area contributed by atoms with Crippen LogP contribution in [-0.2, 0) is 11.2 Å². The molecule has 1 rings (SSSR count). The van der Waals surface area contributed by atoms with Gasteiger partial charge in [-0.1, -0.05) is 6.07 Å². The van der Waals surface area contributed by atoms with E-state index in [4.69, 9.17) is 0 Å². The summed E-state index contributed by atoms with van der Waals surface area (Å²) < 4.78 is 0.939. The van der Waals surface area contributed by atoms with Gasteiger partial charge in [-0.2, -0.15) is 0 Å². The van der Waals surface area contributed by atoms with Gasteiger partial charge < -0.3 is 14.7 Å². The highest BCUT2D eigenvalue weighted by molar-refractivity contribution is 9.10. The van der Waals surface area contributed by atoms with Crippen LogP contribution in [-0.4, -0.2) is 47.9 Å². The highest BCUT2D eigenvalue weighted by Gasteiger charge is 2.31. The molecule has 0 aromatic heterocycles. The third-order valence-corrected chi connectivity index (χ3v) is 3.30. The first-order valence-electron chi connectivity index (χ1n) is 5.23. The molecule has 0 radical (unpaired) electrons.